The second-order valence-electron chi connectivity index (χ2n) is 3.32. The molecule has 0 fully saturated rings. The van der Waals surface area contributed by atoms with E-state index in [9.17, 15) is 4.79 Å². The highest BCUT2D eigenvalue weighted by atomic mass is 17.1. The Morgan fingerprint density at radius 3 is 2.44 bits per heavy atom. The summed E-state index contributed by atoms with van der Waals surface area (Å²) in [4.78, 5) is 15.1. The third-order valence-electron chi connectivity index (χ3n) is 1.88. The van der Waals surface area contributed by atoms with Crippen LogP contribution in [0.3, 0.4) is 0 Å². The van der Waals surface area contributed by atoms with E-state index < -0.39 is 0 Å². The lowest BCUT2D eigenvalue weighted by molar-refractivity contribution is -0.249. The van der Waals surface area contributed by atoms with Gasteiger partial charge in [0.2, 0.25) is 5.91 Å². The summed E-state index contributed by atoms with van der Waals surface area (Å²) in [5.74, 6) is -0.0636. The van der Waals surface area contributed by atoms with Crippen LogP contribution in [0, 0.1) is 0 Å². The monoisotopic (exact) mass is 262 g/mol. The van der Waals surface area contributed by atoms with Crippen LogP contribution >= 0.6 is 0 Å². The van der Waals surface area contributed by atoms with Gasteiger partial charge in [-0.2, -0.15) is 0 Å². The van der Waals surface area contributed by atoms with Gasteiger partial charge < -0.3 is 20.5 Å². The van der Waals surface area contributed by atoms with Gasteiger partial charge in [0, 0.05) is 19.5 Å². The lowest BCUT2D eigenvalue weighted by Crippen LogP contribution is -2.24. The standard InChI is InChI=1S/C11H22N2O5/c12-4-1-2-5-13-11(14)3-6-16-7-8-17-9-10-18-15/h1-2,15H,3-10,12H2,(H,13,14)/b2-1+. The molecule has 0 heterocycles. The van der Waals surface area contributed by atoms with E-state index in [2.05, 4.69) is 10.2 Å². The Kier molecular flexibility index (Phi) is 13.3. The number of amides is 1. The average molecular weight is 262 g/mol. The predicted molar refractivity (Wildman–Crippen MR) is 66.0 cm³/mol. The quantitative estimate of drug-likeness (QED) is 0.190. The molecule has 1 amide bonds. The minimum Gasteiger partial charge on any atom is -0.379 e. The van der Waals surface area contributed by atoms with Gasteiger partial charge in [-0.15, -0.1) is 0 Å². The maximum atomic E-state index is 11.2. The molecular formula is C11H22N2O5. The topological polar surface area (TPSA) is 103 Å². The number of nitrogens with two attached hydrogens (primary N) is 1. The summed E-state index contributed by atoms with van der Waals surface area (Å²) in [6.07, 6.45) is 3.90. The first-order valence-electron chi connectivity index (χ1n) is 5.85. The number of hydrogen-bond donors (Lipinski definition) is 3. The molecule has 0 aromatic rings. The van der Waals surface area contributed by atoms with Gasteiger partial charge in [0.1, 0.15) is 6.61 Å². The van der Waals surface area contributed by atoms with Gasteiger partial charge >= 0.3 is 0 Å². The van der Waals surface area contributed by atoms with Crippen LogP contribution in [0.1, 0.15) is 6.42 Å². The molecule has 106 valence electrons. The molecule has 0 saturated carbocycles. The zero-order valence-corrected chi connectivity index (χ0v) is 10.5. The maximum absolute atomic E-state index is 11.2. The molecule has 0 rings (SSSR count). The van der Waals surface area contributed by atoms with E-state index in [0.29, 0.717) is 45.9 Å². The number of carbonyl (C=O) groups is 1. The van der Waals surface area contributed by atoms with Gasteiger partial charge in [-0.25, -0.2) is 4.89 Å². The number of carbonyl (C=O) groups excluding carboxylic acids is 1. The first kappa shape index (κ1) is 17.0. The summed E-state index contributed by atoms with van der Waals surface area (Å²) < 4.78 is 10.2. The summed E-state index contributed by atoms with van der Waals surface area (Å²) in [7, 11) is 0. The van der Waals surface area contributed by atoms with Gasteiger partial charge in [-0.3, -0.25) is 10.1 Å². The molecule has 0 aliphatic rings. The minimum atomic E-state index is -0.0636. The fourth-order valence-electron chi connectivity index (χ4n) is 1.02. The molecule has 0 spiro atoms. The molecule has 0 aromatic heterocycles. The Labute approximate surface area is 107 Å². The van der Waals surface area contributed by atoms with E-state index in [1.165, 1.54) is 0 Å². The van der Waals surface area contributed by atoms with Crippen LogP contribution < -0.4 is 11.1 Å². The SMILES string of the molecule is NC/C=C/CNC(=O)CCOCCOCCOO. The fourth-order valence-corrected chi connectivity index (χ4v) is 1.02. The van der Waals surface area contributed by atoms with Crippen molar-refractivity contribution in [2.75, 3.05) is 46.1 Å². The molecule has 0 saturated heterocycles. The first-order chi connectivity index (χ1) is 8.81. The molecular weight excluding hydrogens is 240 g/mol. The highest BCUT2D eigenvalue weighted by Crippen LogP contribution is 1.85. The summed E-state index contributed by atoms with van der Waals surface area (Å²) in [6, 6.07) is 0. The van der Waals surface area contributed by atoms with Crippen molar-refractivity contribution in [2.24, 2.45) is 5.73 Å². The average Bonchev–Trinajstić information content (AvgIpc) is 2.38. The van der Waals surface area contributed by atoms with Crippen molar-refractivity contribution in [3.8, 4) is 0 Å². The molecule has 0 radical (unpaired) electrons. The van der Waals surface area contributed by atoms with Crippen LogP contribution in [-0.4, -0.2) is 57.3 Å². The number of nitrogens with one attached hydrogen (secondary N) is 1. The Morgan fingerprint density at radius 1 is 1.11 bits per heavy atom. The molecule has 0 unspecified atom stereocenters. The molecule has 7 heteroatoms. The third-order valence-corrected chi connectivity index (χ3v) is 1.88. The molecule has 7 nitrogen and oxygen atoms in total. The summed E-state index contributed by atoms with van der Waals surface area (Å²) >= 11 is 0. The number of ether oxygens (including phenoxy) is 2. The van der Waals surface area contributed by atoms with Gasteiger partial charge in [-0.1, -0.05) is 12.2 Å². The van der Waals surface area contributed by atoms with Crippen LogP contribution in [0.4, 0.5) is 0 Å². The van der Waals surface area contributed by atoms with Crippen LogP contribution in [0.25, 0.3) is 0 Å². The largest absolute Gasteiger partial charge is 0.379 e. The van der Waals surface area contributed by atoms with E-state index in [1.807, 2.05) is 0 Å². The molecule has 0 aliphatic heterocycles. The summed E-state index contributed by atoms with van der Waals surface area (Å²) in [5.41, 5.74) is 5.25. The lowest BCUT2D eigenvalue weighted by Gasteiger charge is -2.05. The zero-order chi connectivity index (χ0) is 13.5. The Bertz CT molecular complexity index is 223. The molecule has 18 heavy (non-hydrogen) atoms. The van der Waals surface area contributed by atoms with E-state index in [-0.39, 0.29) is 12.5 Å². The number of hydrogen-bond acceptors (Lipinski definition) is 6. The predicted octanol–water partition coefficient (Wildman–Crippen LogP) is -0.470. The molecule has 0 aliphatic carbocycles. The van der Waals surface area contributed by atoms with Crippen LogP contribution in [0.2, 0.25) is 0 Å². The van der Waals surface area contributed by atoms with Gasteiger partial charge in [0.15, 0.2) is 0 Å². The van der Waals surface area contributed by atoms with E-state index in [1.54, 1.807) is 12.2 Å². The lowest BCUT2D eigenvalue weighted by atomic mass is 10.4. The van der Waals surface area contributed by atoms with Crippen molar-refractivity contribution in [3.63, 3.8) is 0 Å². The fraction of sp³-hybridized carbons (Fsp3) is 0.727. The van der Waals surface area contributed by atoms with Gasteiger partial charge in [0.05, 0.1) is 26.4 Å². The number of rotatable bonds is 12. The second-order valence-corrected chi connectivity index (χ2v) is 3.32. The Morgan fingerprint density at radius 2 is 1.78 bits per heavy atom. The van der Waals surface area contributed by atoms with Crippen molar-refractivity contribution >= 4 is 5.91 Å². The van der Waals surface area contributed by atoms with E-state index in [4.69, 9.17) is 20.5 Å². The highest BCUT2D eigenvalue weighted by molar-refractivity contribution is 5.76. The molecule has 0 bridgehead atoms. The van der Waals surface area contributed by atoms with E-state index in [0.717, 1.165) is 0 Å². The van der Waals surface area contributed by atoms with Crippen molar-refractivity contribution in [3.05, 3.63) is 12.2 Å². The molecule has 0 atom stereocenters. The van der Waals surface area contributed by atoms with Crippen molar-refractivity contribution in [2.45, 2.75) is 6.42 Å². The van der Waals surface area contributed by atoms with Crippen molar-refractivity contribution < 1.29 is 24.4 Å². The Hall–Kier alpha value is -0.990. The third kappa shape index (κ3) is 13.1. The van der Waals surface area contributed by atoms with Crippen LogP contribution in [0.15, 0.2) is 12.2 Å². The summed E-state index contributed by atoms with van der Waals surface area (Å²) in [6.45, 7) is 2.58. The summed E-state index contributed by atoms with van der Waals surface area (Å²) in [5, 5.41) is 10.7. The maximum Gasteiger partial charge on any atom is 0.222 e. The second kappa shape index (κ2) is 14.1. The molecule has 0 aromatic carbocycles. The minimum absolute atomic E-state index is 0.0636. The Balaban J connectivity index is 3.17. The normalized spacial score (nSPS) is 11.0. The smallest absolute Gasteiger partial charge is 0.222 e. The van der Waals surface area contributed by atoms with Crippen LogP contribution in [0.5, 0.6) is 0 Å². The van der Waals surface area contributed by atoms with Gasteiger partial charge in [-0.05, 0) is 0 Å². The first-order valence-corrected chi connectivity index (χ1v) is 5.85. The highest BCUT2D eigenvalue weighted by Gasteiger charge is 1.98. The van der Waals surface area contributed by atoms with E-state index >= 15 is 0 Å². The van der Waals surface area contributed by atoms with Crippen LogP contribution in [-0.2, 0) is 19.2 Å². The van der Waals surface area contributed by atoms with Crippen molar-refractivity contribution in [1.29, 1.82) is 0 Å². The molecule has 4 N–H and O–H groups in total. The zero-order valence-electron chi connectivity index (χ0n) is 10.5. The van der Waals surface area contributed by atoms with Gasteiger partial charge in [0.25, 0.3) is 0 Å². The van der Waals surface area contributed by atoms with Crippen molar-refractivity contribution in [1.82, 2.24) is 5.32 Å².